The van der Waals surface area contributed by atoms with Gasteiger partial charge >= 0.3 is 5.97 Å². The van der Waals surface area contributed by atoms with E-state index in [1.165, 1.54) is 6.20 Å². The van der Waals surface area contributed by atoms with E-state index in [1.54, 1.807) is 0 Å². The summed E-state index contributed by atoms with van der Waals surface area (Å²) in [5.74, 6) is -2.65. The van der Waals surface area contributed by atoms with E-state index in [1.807, 2.05) is 4.90 Å². The van der Waals surface area contributed by atoms with Crippen molar-refractivity contribution in [3.8, 4) is 0 Å². The second-order valence-corrected chi connectivity index (χ2v) is 9.24. The molecule has 3 heterocycles. The highest BCUT2D eigenvalue weighted by Crippen LogP contribution is 2.46. The first-order chi connectivity index (χ1) is 14.9. The first-order valence-electron chi connectivity index (χ1n) is 11.0. The van der Waals surface area contributed by atoms with Crippen LogP contribution in [0.3, 0.4) is 0 Å². The number of Topliss-reactive ketones (excluding diaryl/α,β-unsaturated/α-hetero) is 1. The molecule has 5 rings (SSSR count). The fraction of sp³-hybridized carbons (Fsp3) is 0.800. The number of nitrogens with one attached hydrogen (secondary N) is 1. The maximum atomic E-state index is 15.5. The molecule has 0 aromatic carbocycles. The molecular formula is C20H27FN4O6. The summed E-state index contributed by atoms with van der Waals surface area (Å²) in [5.41, 5.74) is -0.329. The summed E-state index contributed by atoms with van der Waals surface area (Å²) in [7, 11) is 0. The van der Waals surface area contributed by atoms with Crippen molar-refractivity contribution in [3.63, 3.8) is 0 Å². The van der Waals surface area contributed by atoms with E-state index in [0.717, 1.165) is 13.1 Å². The Morgan fingerprint density at radius 2 is 2.00 bits per heavy atom. The van der Waals surface area contributed by atoms with Gasteiger partial charge in [0.25, 0.3) is 0 Å². The molecular weight excluding hydrogens is 411 g/mol. The van der Waals surface area contributed by atoms with Gasteiger partial charge in [-0.1, -0.05) is 0 Å². The third-order valence-electron chi connectivity index (χ3n) is 7.71. The van der Waals surface area contributed by atoms with Crippen LogP contribution in [0.2, 0.25) is 0 Å². The lowest BCUT2D eigenvalue weighted by atomic mass is 9.69. The SMILES string of the molecule is O=C(O)C1=CN2C3CCC([N+](=O)[O-])CC3OC3C(N4CCNCC4)C(F)CC(C1=O)C32. The van der Waals surface area contributed by atoms with E-state index in [9.17, 15) is 24.8 Å². The predicted molar refractivity (Wildman–Crippen MR) is 105 cm³/mol. The van der Waals surface area contributed by atoms with Crippen molar-refractivity contribution in [2.45, 2.75) is 68.2 Å². The Morgan fingerprint density at radius 3 is 2.68 bits per heavy atom. The lowest BCUT2D eigenvalue weighted by molar-refractivity contribution is -0.530. The van der Waals surface area contributed by atoms with Gasteiger partial charge in [-0.25, -0.2) is 9.18 Å². The minimum absolute atomic E-state index is 0.0337. The smallest absolute Gasteiger partial charge is 0.340 e. The molecule has 8 unspecified atom stereocenters. The average molecular weight is 438 g/mol. The Hall–Kier alpha value is -2.11. The normalized spacial score (nSPS) is 42.9. The van der Waals surface area contributed by atoms with Gasteiger partial charge in [-0.15, -0.1) is 0 Å². The van der Waals surface area contributed by atoms with Crippen LogP contribution < -0.4 is 5.32 Å². The van der Waals surface area contributed by atoms with Crippen LogP contribution in [0.4, 0.5) is 4.39 Å². The number of carboxylic acid groups (broad SMARTS) is 1. The zero-order chi connectivity index (χ0) is 21.9. The monoisotopic (exact) mass is 438 g/mol. The first kappa shape index (κ1) is 20.8. The highest BCUT2D eigenvalue weighted by atomic mass is 19.1. The topological polar surface area (TPSA) is 125 Å². The predicted octanol–water partition coefficient (Wildman–Crippen LogP) is -0.195. The number of nitro groups is 1. The van der Waals surface area contributed by atoms with Gasteiger partial charge < -0.3 is 20.1 Å². The number of aliphatic carboxylic acids is 1. The molecule has 31 heavy (non-hydrogen) atoms. The number of fused-ring (bicyclic) bond motifs is 2. The van der Waals surface area contributed by atoms with Crippen LogP contribution in [-0.2, 0) is 14.3 Å². The van der Waals surface area contributed by atoms with Crippen molar-refractivity contribution in [2.24, 2.45) is 5.92 Å². The molecule has 0 bridgehead atoms. The quantitative estimate of drug-likeness (QED) is 0.350. The summed E-state index contributed by atoms with van der Waals surface area (Å²) in [5, 5.41) is 24.2. The maximum absolute atomic E-state index is 15.5. The Morgan fingerprint density at radius 1 is 1.26 bits per heavy atom. The molecule has 4 fully saturated rings. The Balaban J connectivity index is 1.54. The molecule has 0 spiro atoms. The average Bonchev–Trinajstić information content (AvgIpc) is 2.75. The molecule has 0 aromatic heterocycles. The van der Waals surface area contributed by atoms with Crippen molar-refractivity contribution >= 4 is 11.8 Å². The minimum atomic E-state index is -1.34. The van der Waals surface area contributed by atoms with E-state index in [4.69, 9.17) is 4.74 Å². The molecule has 2 saturated carbocycles. The number of carbonyl (C=O) groups is 2. The molecule has 0 amide bonds. The second-order valence-electron chi connectivity index (χ2n) is 9.24. The van der Waals surface area contributed by atoms with Crippen molar-refractivity contribution in [1.29, 1.82) is 0 Å². The Labute approximate surface area is 178 Å². The van der Waals surface area contributed by atoms with Crippen molar-refractivity contribution in [3.05, 3.63) is 21.9 Å². The zero-order valence-corrected chi connectivity index (χ0v) is 17.1. The summed E-state index contributed by atoms with van der Waals surface area (Å²) < 4.78 is 21.9. The van der Waals surface area contributed by atoms with Crippen LogP contribution in [0, 0.1) is 16.0 Å². The number of hydrogen-bond acceptors (Lipinski definition) is 8. The highest BCUT2D eigenvalue weighted by molar-refractivity contribution is 6.18. The summed E-state index contributed by atoms with van der Waals surface area (Å²) >= 11 is 0. The molecule has 10 nitrogen and oxygen atoms in total. The van der Waals surface area contributed by atoms with E-state index < -0.39 is 54.2 Å². The number of piperazine rings is 1. The molecule has 0 aromatic rings. The maximum Gasteiger partial charge on any atom is 0.340 e. The van der Waals surface area contributed by atoms with E-state index in [0.29, 0.717) is 25.9 Å². The van der Waals surface area contributed by atoms with Gasteiger partial charge in [0.1, 0.15) is 11.7 Å². The van der Waals surface area contributed by atoms with E-state index >= 15 is 4.39 Å². The Bertz CT molecular complexity index is 817. The lowest BCUT2D eigenvalue weighted by Gasteiger charge is -2.60. The number of halogens is 1. The molecule has 11 heteroatoms. The van der Waals surface area contributed by atoms with Crippen LogP contribution in [0.5, 0.6) is 0 Å². The molecule has 5 aliphatic rings. The van der Waals surface area contributed by atoms with Crippen LogP contribution in [-0.4, -0.2) is 100 Å². The number of nitrogens with zero attached hydrogens (tertiary/aromatic N) is 3. The third kappa shape index (κ3) is 3.33. The fourth-order valence-corrected chi connectivity index (χ4v) is 6.32. The van der Waals surface area contributed by atoms with Crippen molar-refractivity contribution < 1.29 is 28.7 Å². The highest BCUT2D eigenvalue weighted by Gasteiger charge is 2.60. The number of ether oxygens (including phenoxy) is 1. The Kier molecular flexibility index (Phi) is 5.22. The van der Waals surface area contributed by atoms with Gasteiger partial charge in [0.15, 0.2) is 5.78 Å². The van der Waals surface area contributed by atoms with Crippen LogP contribution in [0.15, 0.2) is 11.8 Å². The fourth-order valence-electron chi connectivity index (χ4n) is 6.32. The molecule has 3 aliphatic heterocycles. The van der Waals surface area contributed by atoms with Gasteiger partial charge in [0.2, 0.25) is 6.04 Å². The lowest BCUT2D eigenvalue weighted by Crippen LogP contribution is -2.74. The summed E-state index contributed by atoms with van der Waals surface area (Å²) in [6.45, 7) is 2.76. The molecule has 2 aliphatic carbocycles. The molecule has 2 N–H and O–H groups in total. The van der Waals surface area contributed by atoms with Crippen LogP contribution in [0.25, 0.3) is 0 Å². The number of ketones is 1. The van der Waals surface area contributed by atoms with Gasteiger partial charge in [-0.05, 0) is 12.8 Å². The number of hydrogen-bond donors (Lipinski definition) is 2. The van der Waals surface area contributed by atoms with E-state index in [2.05, 4.69) is 10.2 Å². The minimum Gasteiger partial charge on any atom is -0.478 e. The number of morpholine rings is 1. The standard InChI is InChI=1S/C20H27FN4O6/c21-13-8-11-16-19(17(13)23-5-3-22-4-6-23)31-15-7-10(25(29)30)1-2-14(15)24(16)9-12(18(11)26)20(27)28/h9-11,13-17,19,22H,1-8H2,(H,27,28). The molecule has 0 radical (unpaired) electrons. The van der Waals surface area contributed by atoms with Crippen LogP contribution in [0.1, 0.15) is 25.7 Å². The number of rotatable bonds is 3. The van der Waals surface area contributed by atoms with Gasteiger partial charge in [0.05, 0.1) is 30.3 Å². The molecule has 2 saturated heterocycles. The first-order valence-corrected chi connectivity index (χ1v) is 11.0. The summed E-state index contributed by atoms with van der Waals surface area (Å²) in [6.07, 6.45) is -0.0659. The summed E-state index contributed by atoms with van der Waals surface area (Å²) in [6, 6.07) is -1.99. The van der Waals surface area contributed by atoms with Crippen molar-refractivity contribution in [1.82, 2.24) is 15.1 Å². The van der Waals surface area contributed by atoms with Gasteiger partial charge in [-0.2, -0.15) is 0 Å². The zero-order valence-electron chi connectivity index (χ0n) is 17.1. The van der Waals surface area contributed by atoms with Crippen molar-refractivity contribution in [2.75, 3.05) is 26.2 Å². The largest absolute Gasteiger partial charge is 0.478 e. The third-order valence-corrected chi connectivity index (χ3v) is 7.71. The van der Waals surface area contributed by atoms with Gasteiger partial charge in [-0.3, -0.25) is 19.8 Å². The molecule has 8 atom stereocenters. The van der Waals surface area contributed by atoms with Crippen LogP contribution >= 0.6 is 0 Å². The summed E-state index contributed by atoms with van der Waals surface area (Å²) in [4.78, 5) is 39.8. The number of carbonyl (C=O) groups excluding carboxylic acids is 1. The van der Waals surface area contributed by atoms with Gasteiger partial charge in [0, 0.05) is 56.1 Å². The number of carboxylic acids is 1. The second kappa shape index (κ2) is 7.79. The molecule has 170 valence electrons. The number of alkyl halides is 1. The van der Waals surface area contributed by atoms with E-state index in [-0.39, 0.29) is 29.4 Å².